The zero-order valence-corrected chi connectivity index (χ0v) is 11.3. The first kappa shape index (κ1) is 12.7. The first-order valence-electron chi connectivity index (χ1n) is 4.40. The second-order valence-electron chi connectivity index (χ2n) is 3.13. The van der Waals surface area contributed by atoms with Crippen molar-refractivity contribution in [2.45, 2.75) is 6.42 Å². The first-order chi connectivity index (χ1) is 6.94. The topological polar surface area (TPSA) is 72.2 Å². The van der Waals surface area contributed by atoms with Crippen molar-refractivity contribution in [1.29, 1.82) is 0 Å². The van der Waals surface area contributed by atoms with Gasteiger partial charge in [0.2, 0.25) is 10.0 Å². The van der Waals surface area contributed by atoms with E-state index in [-0.39, 0.29) is 5.75 Å². The quantitative estimate of drug-likeness (QED) is 0.634. The third-order valence-electron chi connectivity index (χ3n) is 2.04. The lowest BCUT2D eigenvalue weighted by Crippen LogP contribution is -2.23. The molecule has 15 heavy (non-hydrogen) atoms. The second-order valence-corrected chi connectivity index (χ2v) is 6.34. The fourth-order valence-electron chi connectivity index (χ4n) is 1.08. The van der Waals surface area contributed by atoms with Gasteiger partial charge in [0, 0.05) is 9.26 Å². The Morgan fingerprint density at radius 1 is 1.47 bits per heavy atom. The molecule has 0 saturated heterocycles. The Morgan fingerprint density at radius 3 is 2.67 bits per heavy atom. The highest BCUT2D eigenvalue weighted by atomic mass is 127. The van der Waals surface area contributed by atoms with Crippen molar-refractivity contribution in [2.24, 2.45) is 0 Å². The summed E-state index contributed by atoms with van der Waals surface area (Å²) in [5, 5.41) is 0. The Kier molecular flexibility index (Phi) is 4.35. The normalized spacial score (nSPS) is 11.6. The van der Waals surface area contributed by atoms with E-state index in [1.807, 2.05) is 12.1 Å². The lowest BCUT2D eigenvalue weighted by molar-refractivity contribution is 0.587. The van der Waals surface area contributed by atoms with Crippen LogP contribution in [0.25, 0.3) is 0 Å². The lowest BCUT2D eigenvalue weighted by atomic mass is 10.1. The van der Waals surface area contributed by atoms with Gasteiger partial charge in [0.25, 0.3) is 0 Å². The fraction of sp³-hybridized carbons (Fsp3) is 0.333. The van der Waals surface area contributed by atoms with Crippen molar-refractivity contribution in [3.63, 3.8) is 0 Å². The molecular formula is C9H13IN2O2S. The molecule has 0 aliphatic heterocycles. The van der Waals surface area contributed by atoms with Crippen molar-refractivity contribution >= 4 is 38.3 Å². The SMILES string of the molecule is CNS(=O)(=O)CCc1ccc(N)c(I)c1. The number of sulfonamides is 1. The molecule has 0 unspecified atom stereocenters. The number of nitrogen functional groups attached to an aromatic ring is 1. The average molecular weight is 340 g/mol. The molecule has 0 radical (unpaired) electrons. The van der Waals surface area contributed by atoms with Crippen molar-refractivity contribution < 1.29 is 8.42 Å². The number of halogens is 1. The van der Waals surface area contributed by atoms with Crippen LogP contribution in [-0.2, 0) is 16.4 Å². The van der Waals surface area contributed by atoms with Gasteiger partial charge in [-0.05, 0) is 53.8 Å². The molecule has 0 atom stereocenters. The Hall–Kier alpha value is -0.340. The maximum Gasteiger partial charge on any atom is 0.211 e. The minimum absolute atomic E-state index is 0.101. The summed E-state index contributed by atoms with van der Waals surface area (Å²) in [4.78, 5) is 0. The summed E-state index contributed by atoms with van der Waals surface area (Å²) in [5.74, 6) is 0.101. The standard InChI is InChI=1S/C9H13IN2O2S/c1-12-15(13,14)5-4-7-2-3-9(11)8(10)6-7/h2-3,6,12H,4-5,11H2,1H3. The molecule has 0 aliphatic carbocycles. The van der Waals surface area contributed by atoms with E-state index < -0.39 is 10.0 Å². The molecule has 0 amide bonds. The molecule has 1 aromatic carbocycles. The molecule has 0 heterocycles. The molecule has 1 aromatic rings. The molecule has 3 N–H and O–H groups in total. The molecule has 0 spiro atoms. The highest BCUT2D eigenvalue weighted by Crippen LogP contribution is 2.16. The molecule has 0 fully saturated rings. The van der Waals surface area contributed by atoms with Crippen LogP contribution in [0, 0.1) is 3.57 Å². The van der Waals surface area contributed by atoms with E-state index in [2.05, 4.69) is 27.3 Å². The molecule has 4 nitrogen and oxygen atoms in total. The summed E-state index contributed by atoms with van der Waals surface area (Å²) < 4.78 is 25.6. The summed E-state index contributed by atoms with van der Waals surface area (Å²) in [6.07, 6.45) is 0.499. The van der Waals surface area contributed by atoms with Crippen molar-refractivity contribution in [3.8, 4) is 0 Å². The summed E-state index contributed by atoms with van der Waals surface area (Å²) in [5.41, 5.74) is 7.36. The molecule has 6 heteroatoms. The molecule has 0 bridgehead atoms. The minimum Gasteiger partial charge on any atom is -0.398 e. The van der Waals surface area contributed by atoms with Crippen LogP contribution in [0.5, 0.6) is 0 Å². The minimum atomic E-state index is -3.12. The third kappa shape index (κ3) is 3.96. The highest BCUT2D eigenvalue weighted by molar-refractivity contribution is 14.1. The monoisotopic (exact) mass is 340 g/mol. The van der Waals surface area contributed by atoms with Gasteiger partial charge in [0.1, 0.15) is 0 Å². The largest absolute Gasteiger partial charge is 0.398 e. The number of nitrogens with one attached hydrogen (secondary N) is 1. The van der Waals surface area contributed by atoms with Crippen LogP contribution in [0.4, 0.5) is 5.69 Å². The van der Waals surface area contributed by atoms with Gasteiger partial charge < -0.3 is 5.73 Å². The highest BCUT2D eigenvalue weighted by Gasteiger charge is 2.07. The predicted molar refractivity (Wildman–Crippen MR) is 70.1 cm³/mol. The molecular weight excluding hydrogens is 327 g/mol. The van der Waals surface area contributed by atoms with Crippen molar-refractivity contribution in [2.75, 3.05) is 18.5 Å². The van der Waals surface area contributed by atoms with Crippen LogP contribution >= 0.6 is 22.6 Å². The van der Waals surface area contributed by atoms with Gasteiger partial charge in [0.15, 0.2) is 0 Å². The van der Waals surface area contributed by atoms with Crippen LogP contribution in [-0.4, -0.2) is 21.2 Å². The van der Waals surface area contributed by atoms with Crippen LogP contribution in [0.3, 0.4) is 0 Å². The van der Waals surface area contributed by atoms with Crippen LogP contribution < -0.4 is 10.5 Å². The molecule has 84 valence electrons. The van der Waals surface area contributed by atoms with E-state index in [9.17, 15) is 8.42 Å². The Balaban J connectivity index is 2.71. The molecule has 0 aliphatic rings. The van der Waals surface area contributed by atoms with E-state index in [0.717, 1.165) is 14.8 Å². The van der Waals surface area contributed by atoms with E-state index in [1.165, 1.54) is 7.05 Å². The molecule has 0 aromatic heterocycles. The first-order valence-corrected chi connectivity index (χ1v) is 7.13. The van der Waals surface area contributed by atoms with E-state index >= 15 is 0 Å². The summed E-state index contributed by atoms with van der Waals surface area (Å²) >= 11 is 2.13. The van der Waals surface area contributed by atoms with Gasteiger partial charge in [-0.3, -0.25) is 0 Å². The number of hydrogen-bond donors (Lipinski definition) is 2. The maximum absolute atomic E-state index is 11.2. The molecule has 0 saturated carbocycles. The van der Waals surface area contributed by atoms with Crippen LogP contribution in [0.15, 0.2) is 18.2 Å². The second kappa shape index (κ2) is 5.13. The van der Waals surface area contributed by atoms with E-state index in [1.54, 1.807) is 6.07 Å². The number of anilines is 1. The summed E-state index contributed by atoms with van der Waals surface area (Å²) in [6.45, 7) is 0. The van der Waals surface area contributed by atoms with Gasteiger partial charge in [-0.1, -0.05) is 6.07 Å². The van der Waals surface area contributed by atoms with Gasteiger partial charge in [-0.2, -0.15) is 0 Å². The van der Waals surface area contributed by atoms with Crippen molar-refractivity contribution in [1.82, 2.24) is 4.72 Å². The van der Waals surface area contributed by atoms with Gasteiger partial charge in [-0.15, -0.1) is 0 Å². The Bertz CT molecular complexity index is 445. The smallest absolute Gasteiger partial charge is 0.211 e. The average Bonchev–Trinajstić information content (AvgIpc) is 2.20. The van der Waals surface area contributed by atoms with Crippen molar-refractivity contribution in [3.05, 3.63) is 27.3 Å². The van der Waals surface area contributed by atoms with E-state index in [0.29, 0.717) is 6.42 Å². The lowest BCUT2D eigenvalue weighted by Gasteiger charge is -2.04. The zero-order valence-electron chi connectivity index (χ0n) is 8.33. The fourth-order valence-corrected chi connectivity index (χ4v) is 2.37. The summed E-state index contributed by atoms with van der Waals surface area (Å²) in [7, 11) is -1.71. The number of nitrogens with two attached hydrogens (primary N) is 1. The number of benzene rings is 1. The summed E-state index contributed by atoms with van der Waals surface area (Å²) in [6, 6.07) is 5.55. The number of aryl methyl sites for hydroxylation is 1. The van der Waals surface area contributed by atoms with Crippen LogP contribution in [0.1, 0.15) is 5.56 Å². The Morgan fingerprint density at radius 2 is 2.13 bits per heavy atom. The van der Waals surface area contributed by atoms with Crippen LogP contribution in [0.2, 0.25) is 0 Å². The van der Waals surface area contributed by atoms with Gasteiger partial charge in [0.05, 0.1) is 5.75 Å². The van der Waals surface area contributed by atoms with Gasteiger partial charge in [-0.25, -0.2) is 13.1 Å². The van der Waals surface area contributed by atoms with E-state index in [4.69, 9.17) is 5.73 Å². The number of hydrogen-bond acceptors (Lipinski definition) is 3. The molecule has 1 rings (SSSR count). The Labute approximate surface area is 103 Å². The maximum atomic E-state index is 11.2. The third-order valence-corrected chi connectivity index (χ3v) is 4.33. The number of rotatable bonds is 4. The van der Waals surface area contributed by atoms with Gasteiger partial charge >= 0.3 is 0 Å². The predicted octanol–water partition coefficient (Wildman–Crippen LogP) is 0.965. The zero-order chi connectivity index (χ0) is 11.5.